The van der Waals surface area contributed by atoms with Crippen molar-refractivity contribution in [3.63, 3.8) is 0 Å². The number of rotatable bonds is 3. The van der Waals surface area contributed by atoms with Gasteiger partial charge in [0.2, 0.25) is 5.95 Å². The fraction of sp³-hybridized carbons (Fsp3) is 0.474. The Morgan fingerprint density at radius 1 is 1.19 bits per heavy atom. The van der Waals surface area contributed by atoms with E-state index in [4.69, 9.17) is 21.3 Å². The monoisotopic (exact) mass is 392 g/mol. The summed E-state index contributed by atoms with van der Waals surface area (Å²) in [5.74, 6) is 0.301. The van der Waals surface area contributed by atoms with Crippen molar-refractivity contribution in [3.05, 3.63) is 56.2 Å². The van der Waals surface area contributed by atoms with Crippen molar-refractivity contribution < 1.29 is 9.13 Å². The van der Waals surface area contributed by atoms with Crippen LogP contribution in [0.25, 0.3) is 0 Å². The number of anilines is 1. The zero-order chi connectivity index (χ0) is 18.8. The summed E-state index contributed by atoms with van der Waals surface area (Å²) in [7, 11) is 0. The second-order valence-electron chi connectivity index (χ2n) is 6.93. The summed E-state index contributed by atoms with van der Waals surface area (Å²) in [5.41, 5.74) is 2.47. The Labute approximate surface area is 161 Å². The summed E-state index contributed by atoms with van der Waals surface area (Å²) in [6.45, 7) is 4.90. The van der Waals surface area contributed by atoms with Gasteiger partial charge in [-0.05, 0) is 24.1 Å². The number of nitrogens with zero attached hydrogens (tertiary/aromatic N) is 3. The maximum atomic E-state index is 13.2. The molecule has 4 rings (SSSR count). The number of fused-ring (bicyclic) bond motifs is 1. The Balaban J connectivity index is 1.50. The minimum Gasteiger partial charge on any atom is -0.378 e. The van der Waals surface area contributed by atoms with Crippen molar-refractivity contribution in [2.24, 2.45) is 0 Å². The summed E-state index contributed by atoms with van der Waals surface area (Å²) in [6.07, 6.45) is 1.34. The number of ether oxygens (including phenoxy) is 1. The molecule has 2 aromatic rings. The van der Waals surface area contributed by atoms with Gasteiger partial charge in [0.15, 0.2) is 0 Å². The van der Waals surface area contributed by atoms with Crippen molar-refractivity contribution in [1.82, 2.24) is 14.9 Å². The number of hydrogen-bond donors (Lipinski definition) is 1. The second-order valence-corrected chi connectivity index (χ2v) is 7.33. The number of halogens is 2. The third-order valence-electron chi connectivity index (χ3n) is 5.15. The van der Waals surface area contributed by atoms with Crippen LogP contribution in [0.15, 0.2) is 23.0 Å². The topological polar surface area (TPSA) is 61.5 Å². The molecule has 2 aliphatic heterocycles. The van der Waals surface area contributed by atoms with Crippen LogP contribution in [0.5, 0.6) is 0 Å². The first-order chi connectivity index (χ1) is 13.1. The molecule has 0 radical (unpaired) electrons. The fourth-order valence-electron chi connectivity index (χ4n) is 3.62. The van der Waals surface area contributed by atoms with Crippen LogP contribution in [0.2, 0.25) is 5.02 Å². The predicted molar refractivity (Wildman–Crippen MR) is 102 cm³/mol. The summed E-state index contributed by atoms with van der Waals surface area (Å²) in [6, 6.07) is 4.48. The molecule has 1 aromatic heterocycles. The molecule has 0 unspecified atom stereocenters. The van der Waals surface area contributed by atoms with Gasteiger partial charge < -0.3 is 9.64 Å². The van der Waals surface area contributed by atoms with Gasteiger partial charge in [-0.15, -0.1) is 0 Å². The molecule has 0 saturated carbocycles. The van der Waals surface area contributed by atoms with Crippen LogP contribution in [-0.2, 0) is 24.1 Å². The maximum absolute atomic E-state index is 13.2. The van der Waals surface area contributed by atoms with Crippen LogP contribution < -0.4 is 10.5 Å². The van der Waals surface area contributed by atoms with Gasteiger partial charge >= 0.3 is 0 Å². The van der Waals surface area contributed by atoms with Gasteiger partial charge in [-0.1, -0.05) is 17.7 Å². The molecule has 8 heteroatoms. The van der Waals surface area contributed by atoms with Crippen LogP contribution in [0.1, 0.15) is 16.8 Å². The van der Waals surface area contributed by atoms with Crippen molar-refractivity contribution in [2.75, 3.05) is 44.3 Å². The highest BCUT2D eigenvalue weighted by atomic mass is 35.5. The van der Waals surface area contributed by atoms with Crippen molar-refractivity contribution in [1.29, 1.82) is 0 Å². The van der Waals surface area contributed by atoms with E-state index in [1.165, 1.54) is 12.1 Å². The van der Waals surface area contributed by atoms with Gasteiger partial charge in [0.05, 0.1) is 18.9 Å². The third-order valence-corrected chi connectivity index (χ3v) is 5.50. The largest absolute Gasteiger partial charge is 0.378 e. The van der Waals surface area contributed by atoms with Crippen LogP contribution in [0, 0.1) is 5.82 Å². The Hall–Kier alpha value is -1.96. The lowest BCUT2D eigenvalue weighted by atomic mass is 10.1. The molecule has 1 N–H and O–H groups in total. The third kappa shape index (κ3) is 4.15. The molecule has 1 aromatic carbocycles. The molecule has 0 atom stereocenters. The van der Waals surface area contributed by atoms with Gasteiger partial charge in [-0.2, -0.15) is 0 Å². The molecule has 27 heavy (non-hydrogen) atoms. The molecule has 6 nitrogen and oxygen atoms in total. The van der Waals surface area contributed by atoms with Crippen molar-refractivity contribution >= 4 is 17.5 Å². The van der Waals surface area contributed by atoms with E-state index in [-0.39, 0.29) is 11.4 Å². The van der Waals surface area contributed by atoms with E-state index in [0.29, 0.717) is 43.6 Å². The average molecular weight is 393 g/mol. The van der Waals surface area contributed by atoms with Crippen LogP contribution >= 0.6 is 11.6 Å². The first kappa shape index (κ1) is 18.4. The Morgan fingerprint density at radius 3 is 2.74 bits per heavy atom. The van der Waals surface area contributed by atoms with Gasteiger partial charge in [0, 0.05) is 49.7 Å². The van der Waals surface area contributed by atoms with Gasteiger partial charge in [0.25, 0.3) is 5.56 Å². The maximum Gasteiger partial charge on any atom is 0.255 e. The van der Waals surface area contributed by atoms with Gasteiger partial charge in [0.1, 0.15) is 5.82 Å². The SMILES string of the molecule is O=c1[nH]c(N2CCOCC2)nc2c1CCN(Cc1ccc(F)cc1Cl)CC2. The van der Waals surface area contributed by atoms with E-state index in [9.17, 15) is 9.18 Å². The highest BCUT2D eigenvalue weighted by Crippen LogP contribution is 2.21. The Bertz CT molecular complexity index is 882. The summed E-state index contributed by atoms with van der Waals surface area (Å²) < 4.78 is 18.6. The second kappa shape index (κ2) is 7.96. The van der Waals surface area contributed by atoms with E-state index < -0.39 is 0 Å². The van der Waals surface area contributed by atoms with Gasteiger partial charge in [-0.3, -0.25) is 14.7 Å². The highest BCUT2D eigenvalue weighted by molar-refractivity contribution is 6.31. The number of aromatic amines is 1. The van der Waals surface area contributed by atoms with E-state index in [0.717, 1.165) is 43.0 Å². The average Bonchev–Trinajstić information content (AvgIpc) is 2.87. The van der Waals surface area contributed by atoms with Crippen molar-refractivity contribution in [3.8, 4) is 0 Å². The van der Waals surface area contributed by atoms with Crippen molar-refractivity contribution in [2.45, 2.75) is 19.4 Å². The zero-order valence-corrected chi connectivity index (χ0v) is 15.8. The molecule has 0 bridgehead atoms. The number of hydrogen-bond acceptors (Lipinski definition) is 5. The van der Waals surface area contributed by atoms with E-state index in [2.05, 4.69) is 14.8 Å². The molecular weight excluding hydrogens is 371 g/mol. The van der Waals surface area contributed by atoms with Gasteiger partial charge in [-0.25, -0.2) is 9.37 Å². The fourth-order valence-corrected chi connectivity index (χ4v) is 3.84. The van der Waals surface area contributed by atoms with E-state index >= 15 is 0 Å². The lowest BCUT2D eigenvalue weighted by molar-refractivity contribution is 0.122. The quantitative estimate of drug-likeness (QED) is 0.865. The molecule has 0 spiro atoms. The zero-order valence-electron chi connectivity index (χ0n) is 15.0. The molecule has 144 valence electrons. The lowest BCUT2D eigenvalue weighted by Gasteiger charge is -2.27. The first-order valence-corrected chi connectivity index (χ1v) is 9.59. The first-order valence-electron chi connectivity index (χ1n) is 9.21. The summed E-state index contributed by atoms with van der Waals surface area (Å²) in [4.78, 5) is 24.6. The van der Waals surface area contributed by atoms with Crippen LogP contribution in [0.4, 0.5) is 10.3 Å². The molecule has 3 heterocycles. The van der Waals surface area contributed by atoms with Crippen LogP contribution in [0.3, 0.4) is 0 Å². The predicted octanol–water partition coefficient (Wildman–Crippen LogP) is 2.00. The Kier molecular flexibility index (Phi) is 5.43. The van der Waals surface area contributed by atoms with E-state index in [1.807, 2.05) is 0 Å². The number of H-pyrrole nitrogens is 1. The molecule has 2 aliphatic rings. The lowest BCUT2D eigenvalue weighted by Crippen LogP contribution is -2.38. The smallest absolute Gasteiger partial charge is 0.255 e. The molecule has 0 aliphatic carbocycles. The standard InChI is InChI=1S/C19H22ClFN4O2/c20-16-11-14(21)2-1-13(16)12-24-5-3-15-17(4-6-24)22-19(23-18(15)26)25-7-9-27-10-8-25/h1-2,11H,3-10,12H2,(H,22,23,26). The minimum absolute atomic E-state index is 0.0526. The molecule has 1 saturated heterocycles. The molecular formula is C19H22ClFN4O2. The number of aromatic nitrogens is 2. The van der Waals surface area contributed by atoms with E-state index in [1.54, 1.807) is 6.07 Å². The molecule has 0 amide bonds. The number of benzene rings is 1. The highest BCUT2D eigenvalue weighted by Gasteiger charge is 2.21. The summed E-state index contributed by atoms with van der Waals surface area (Å²) >= 11 is 6.16. The van der Waals surface area contributed by atoms with Crippen LogP contribution in [-0.4, -0.2) is 54.3 Å². The summed E-state index contributed by atoms with van der Waals surface area (Å²) in [5, 5.41) is 0.433. The molecule has 1 fully saturated rings. The minimum atomic E-state index is -0.335. The normalized spacial score (nSPS) is 18.2. The number of morpholine rings is 1. The Morgan fingerprint density at radius 2 is 1.96 bits per heavy atom. The number of nitrogens with one attached hydrogen (secondary N) is 1.